The average Bonchev–Trinajstić information content (AvgIpc) is 3.35. The van der Waals surface area contributed by atoms with Crippen molar-refractivity contribution in [3.05, 3.63) is 48.0 Å². The highest BCUT2D eigenvalue weighted by atomic mass is 19.1. The second kappa shape index (κ2) is 11.5. The van der Waals surface area contributed by atoms with Gasteiger partial charge in [-0.15, -0.1) is 0 Å². The minimum Gasteiger partial charge on any atom is -0.453 e. The number of carbonyl (C=O) groups is 2. The normalized spacial score (nSPS) is 19.3. The van der Waals surface area contributed by atoms with Gasteiger partial charge in [0, 0.05) is 79.9 Å². The van der Waals surface area contributed by atoms with Crippen molar-refractivity contribution in [2.24, 2.45) is 7.05 Å². The summed E-state index contributed by atoms with van der Waals surface area (Å²) in [5, 5.41) is 11.7. The smallest absolute Gasteiger partial charge is 0.317 e. The van der Waals surface area contributed by atoms with E-state index in [0.29, 0.717) is 48.3 Å². The number of aromatic nitrogens is 4. The zero-order chi connectivity index (χ0) is 29.4. The molecule has 42 heavy (non-hydrogen) atoms. The van der Waals surface area contributed by atoms with Gasteiger partial charge in [-0.1, -0.05) is 0 Å². The molecule has 2 aromatic carbocycles. The molecule has 2 aliphatic heterocycles. The van der Waals surface area contributed by atoms with Crippen LogP contribution in [0.4, 0.5) is 15.8 Å². The van der Waals surface area contributed by atoms with Gasteiger partial charge < -0.3 is 29.9 Å². The third-order valence-electron chi connectivity index (χ3n) is 7.47. The number of morpholine rings is 1. The molecule has 0 spiro atoms. The fourth-order valence-corrected chi connectivity index (χ4v) is 5.65. The van der Waals surface area contributed by atoms with E-state index in [0.717, 1.165) is 18.8 Å². The summed E-state index contributed by atoms with van der Waals surface area (Å²) >= 11 is 0. The van der Waals surface area contributed by atoms with Gasteiger partial charge >= 0.3 is 6.01 Å². The highest BCUT2D eigenvalue weighted by Crippen LogP contribution is 2.31. The van der Waals surface area contributed by atoms with Crippen LogP contribution in [0.15, 0.2) is 36.7 Å². The van der Waals surface area contributed by atoms with Gasteiger partial charge in [-0.25, -0.2) is 9.37 Å². The van der Waals surface area contributed by atoms with Gasteiger partial charge in [0.1, 0.15) is 5.52 Å². The van der Waals surface area contributed by atoms with Crippen LogP contribution in [-0.4, -0.2) is 94.5 Å². The lowest BCUT2D eigenvalue weighted by Crippen LogP contribution is -2.54. The highest BCUT2D eigenvalue weighted by molar-refractivity contribution is 6.14. The molecule has 4 aromatic rings. The van der Waals surface area contributed by atoms with Crippen molar-refractivity contribution < 1.29 is 23.5 Å². The Morgan fingerprint density at radius 2 is 1.90 bits per heavy atom. The number of nitrogens with zero attached hydrogens (tertiary/aromatic N) is 6. The first kappa shape index (κ1) is 27.8. The molecule has 0 aliphatic carbocycles. The Morgan fingerprint density at radius 1 is 1.14 bits per heavy atom. The van der Waals surface area contributed by atoms with Gasteiger partial charge in [-0.3, -0.25) is 14.3 Å². The topological polar surface area (TPSA) is 127 Å². The summed E-state index contributed by atoms with van der Waals surface area (Å²) < 4.78 is 27.2. The minimum absolute atomic E-state index is 0.0137. The van der Waals surface area contributed by atoms with Crippen molar-refractivity contribution in [3.8, 4) is 6.01 Å². The molecule has 2 atom stereocenters. The van der Waals surface area contributed by atoms with E-state index in [-0.39, 0.29) is 41.7 Å². The predicted molar refractivity (Wildman–Crippen MR) is 155 cm³/mol. The number of rotatable bonds is 6. The number of anilines is 2. The van der Waals surface area contributed by atoms with Gasteiger partial charge in [0.2, 0.25) is 0 Å². The first-order valence-electron chi connectivity index (χ1n) is 14.0. The molecule has 2 aromatic heterocycles. The van der Waals surface area contributed by atoms with E-state index in [9.17, 15) is 14.0 Å². The number of benzene rings is 2. The Hall–Kier alpha value is -4.36. The van der Waals surface area contributed by atoms with Crippen LogP contribution >= 0.6 is 0 Å². The maximum atomic E-state index is 14.7. The van der Waals surface area contributed by atoms with Crippen LogP contribution in [0, 0.1) is 5.82 Å². The van der Waals surface area contributed by atoms with E-state index in [2.05, 4.69) is 44.4 Å². The van der Waals surface area contributed by atoms with Crippen LogP contribution in [0.25, 0.3) is 21.8 Å². The Morgan fingerprint density at radius 3 is 2.67 bits per heavy atom. The lowest BCUT2D eigenvalue weighted by atomic mass is 10.0. The predicted octanol–water partition coefficient (Wildman–Crippen LogP) is 2.33. The Balaban J connectivity index is 1.33. The molecular formula is C29H33FN8O4. The second-order valence-corrected chi connectivity index (χ2v) is 10.9. The number of aryl methyl sites for hydroxylation is 1. The molecule has 12 nitrogen and oxygen atoms in total. The van der Waals surface area contributed by atoms with Crippen LogP contribution in [0.3, 0.4) is 0 Å². The van der Waals surface area contributed by atoms with E-state index in [4.69, 9.17) is 9.47 Å². The summed E-state index contributed by atoms with van der Waals surface area (Å²) in [5.74, 6) is -1.19. The van der Waals surface area contributed by atoms with Gasteiger partial charge in [-0.05, 0) is 38.1 Å². The number of ether oxygens (including phenoxy) is 2. The standard InChI is InChI=1S/C29H33FN8O4/c1-17-13-38(14-18(2)32-17)24-5-4-21(28(40)33-20-10-19-15-36(3)35-26(19)23(30)11-20)27-22(24)12-31-29(34-27)42-16-25(39)37-6-8-41-9-7-37/h4-5,10-12,15,17-18,32H,6-9,13-14,16H2,1-3H3,(H,33,40). The lowest BCUT2D eigenvalue weighted by Gasteiger charge is -2.38. The number of piperazine rings is 1. The van der Waals surface area contributed by atoms with Crippen LogP contribution in [0.2, 0.25) is 0 Å². The molecule has 2 saturated heterocycles. The van der Waals surface area contributed by atoms with E-state index in [1.165, 1.54) is 10.7 Å². The molecule has 0 saturated carbocycles. The molecule has 2 N–H and O–H groups in total. The maximum Gasteiger partial charge on any atom is 0.317 e. The number of carbonyl (C=O) groups excluding carboxylic acids is 2. The fraction of sp³-hybridized carbons (Fsp3) is 0.414. The first-order chi connectivity index (χ1) is 20.2. The van der Waals surface area contributed by atoms with Crippen LogP contribution in [0.5, 0.6) is 6.01 Å². The molecule has 2 amide bonds. The molecular weight excluding hydrogens is 543 g/mol. The monoisotopic (exact) mass is 576 g/mol. The Kier molecular flexibility index (Phi) is 7.60. The molecule has 2 aliphatic rings. The molecule has 4 heterocycles. The van der Waals surface area contributed by atoms with Gasteiger partial charge in [0.15, 0.2) is 12.4 Å². The molecule has 6 rings (SSSR count). The van der Waals surface area contributed by atoms with E-state index < -0.39 is 11.7 Å². The third kappa shape index (κ3) is 5.70. The molecule has 0 radical (unpaired) electrons. The summed E-state index contributed by atoms with van der Waals surface area (Å²) in [5.41, 5.74) is 2.05. The Labute approximate surface area is 241 Å². The summed E-state index contributed by atoms with van der Waals surface area (Å²) in [7, 11) is 1.71. The van der Waals surface area contributed by atoms with E-state index >= 15 is 0 Å². The molecule has 0 bridgehead atoms. The largest absolute Gasteiger partial charge is 0.453 e. The van der Waals surface area contributed by atoms with Gasteiger partial charge in [-0.2, -0.15) is 10.1 Å². The number of halogens is 1. The zero-order valence-corrected chi connectivity index (χ0v) is 23.8. The van der Waals surface area contributed by atoms with Gasteiger partial charge in [0.25, 0.3) is 11.8 Å². The molecule has 2 fully saturated rings. The first-order valence-corrected chi connectivity index (χ1v) is 14.0. The minimum atomic E-state index is -0.534. The summed E-state index contributed by atoms with van der Waals surface area (Å²) in [4.78, 5) is 39.1. The quantitative estimate of drug-likeness (QED) is 0.356. The maximum absolute atomic E-state index is 14.7. The second-order valence-electron chi connectivity index (χ2n) is 10.9. The SMILES string of the molecule is CC1CN(c2ccc(C(=O)Nc3cc(F)c4nn(C)cc4c3)c3nc(OCC(=O)N4CCOCC4)ncc23)CC(C)N1. The number of hydrogen-bond donors (Lipinski definition) is 2. The molecule has 220 valence electrons. The third-order valence-corrected chi connectivity index (χ3v) is 7.47. The number of hydrogen-bond acceptors (Lipinski definition) is 9. The van der Waals surface area contributed by atoms with Crippen molar-refractivity contribution in [2.75, 3.05) is 56.2 Å². The van der Waals surface area contributed by atoms with Crippen molar-refractivity contribution in [1.82, 2.24) is 30.0 Å². The summed E-state index contributed by atoms with van der Waals surface area (Å²) in [6.45, 7) is 7.52. The van der Waals surface area contributed by atoms with Crippen LogP contribution in [0.1, 0.15) is 24.2 Å². The van der Waals surface area contributed by atoms with Crippen molar-refractivity contribution >= 4 is 45.0 Å². The van der Waals surface area contributed by atoms with Crippen LogP contribution < -0.4 is 20.3 Å². The Bertz CT molecular complexity index is 1640. The highest BCUT2D eigenvalue weighted by Gasteiger charge is 2.25. The molecule has 13 heteroatoms. The van der Waals surface area contributed by atoms with Gasteiger partial charge in [0.05, 0.1) is 24.3 Å². The molecule has 2 unspecified atom stereocenters. The zero-order valence-electron chi connectivity index (χ0n) is 23.8. The average molecular weight is 577 g/mol. The van der Waals surface area contributed by atoms with E-state index in [1.54, 1.807) is 36.5 Å². The summed E-state index contributed by atoms with van der Waals surface area (Å²) in [6, 6.07) is 7.02. The van der Waals surface area contributed by atoms with Crippen molar-refractivity contribution in [3.63, 3.8) is 0 Å². The number of amides is 2. The lowest BCUT2D eigenvalue weighted by molar-refractivity contribution is -0.137. The number of fused-ring (bicyclic) bond motifs is 2. The van der Waals surface area contributed by atoms with Crippen molar-refractivity contribution in [2.45, 2.75) is 25.9 Å². The fourth-order valence-electron chi connectivity index (χ4n) is 5.65. The number of nitrogens with one attached hydrogen (secondary N) is 2. The summed E-state index contributed by atoms with van der Waals surface area (Å²) in [6.07, 6.45) is 3.31. The van der Waals surface area contributed by atoms with E-state index in [1.807, 2.05) is 6.07 Å². The van der Waals surface area contributed by atoms with Crippen molar-refractivity contribution in [1.29, 1.82) is 0 Å². The van der Waals surface area contributed by atoms with Crippen LogP contribution in [-0.2, 0) is 16.6 Å².